The van der Waals surface area contributed by atoms with Crippen molar-refractivity contribution >= 4 is 5.91 Å². The summed E-state index contributed by atoms with van der Waals surface area (Å²) in [7, 11) is 0. The molecule has 1 aliphatic heterocycles. The van der Waals surface area contributed by atoms with Gasteiger partial charge in [0.25, 0.3) is 0 Å². The molecule has 1 heterocycles. The first kappa shape index (κ1) is 9.52. The first-order valence-electron chi connectivity index (χ1n) is 4.58. The first-order chi connectivity index (χ1) is 5.63. The Kier molecular flexibility index (Phi) is 3.09. The standard InChI is InChI=1S/C9H17NO2/c1-6(2)8(11)7-4-3-5-10-9(7)12/h6-8,11H,3-5H2,1-2H3,(H,10,12). The summed E-state index contributed by atoms with van der Waals surface area (Å²) in [6, 6.07) is 0. The lowest BCUT2D eigenvalue weighted by Gasteiger charge is -2.28. The molecule has 1 aliphatic rings. The van der Waals surface area contributed by atoms with Crippen molar-refractivity contribution in [2.24, 2.45) is 11.8 Å². The molecular weight excluding hydrogens is 154 g/mol. The van der Waals surface area contributed by atoms with E-state index in [1.54, 1.807) is 0 Å². The van der Waals surface area contributed by atoms with Gasteiger partial charge in [-0.05, 0) is 18.8 Å². The average molecular weight is 171 g/mol. The van der Waals surface area contributed by atoms with Crippen LogP contribution < -0.4 is 5.32 Å². The van der Waals surface area contributed by atoms with Gasteiger partial charge in [0.2, 0.25) is 5.91 Å². The second kappa shape index (κ2) is 3.90. The molecule has 2 N–H and O–H groups in total. The summed E-state index contributed by atoms with van der Waals surface area (Å²) in [6.07, 6.45) is 1.33. The van der Waals surface area contributed by atoms with Crippen LogP contribution in [0.5, 0.6) is 0 Å². The van der Waals surface area contributed by atoms with Crippen molar-refractivity contribution in [3.8, 4) is 0 Å². The fraction of sp³-hybridized carbons (Fsp3) is 0.889. The van der Waals surface area contributed by atoms with Crippen LogP contribution in [0.4, 0.5) is 0 Å². The van der Waals surface area contributed by atoms with Crippen LogP contribution in [0.2, 0.25) is 0 Å². The molecule has 0 aromatic heterocycles. The van der Waals surface area contributed by atoms with Crippen molar-refractivity contribution < 1.29 is 9.90 Å². The summed E-state index contributed by atoms with van der Waals surface area (Å²) in [5.74, 6) is 0.0000463. The van der Waals surface area contributed by atoms with Gasteiger partial charge in [-0.2, -0.15) is 0 Å². The van der Waals surface area contributed by atoms with Crippen LogP contribution in [0.25, 0.3) is 0 Å². The highest BCUT2D eigenvalue weighted by Gasteiger charge is 2.30. The number of piperidine rings is 1. The monoisotopic (exact) mass is 171 g/mol. The van der Waals surface area contributed by atoms with Crippen LogP contribution in [0, 0.1) is 11.8 Å². The Balaban J connectivity index is 2.53. The summed E-state index contributed by atoms with van der Waals surface area (Å²) in [6.45, 7) is 4.64. The van der Waals surface area contributed by atoms with E-state index < -0.39 is 6.10 Å². The van der Waals surface area contributed by atoms with Gasteiger partial charge in [-0.15, -0.1) is 0 Å². The molecule has 2 unspecified atom stereocenters. The van der Waals surface area contributed by atoms with Crippen molar-refractivity contribution in [2.45, 2.75) is 32.8 Å². The van der Waals surface area contributed by atoms with E-state index in [1.807, 2.05) is 13.8 Å². The second-order valence-corrected chi connectivity index (χ2v) is 3.77. The predicted octanol–water partition coefficient (Wildman–Crippen LogP) is 0.529. The molecule has 12 heavy (non-hydrogen) atoms. The molecule has 70 valence electrons. The van der Waals surface area contributed by atoms with Gasteiger partial charge >= 0.3 is 0 Å². The third kappa shape index (κ3) is 1.97. The Morgan fingerprint density at radius 3 is 2.75 bits per heavy atom. The van der Waals surface area contributed by atoms with E-state index in [0.29, 0.717) is 0 Å². The van der Waals surface area contributed by atoms with E-state index in [-0.39, 0.29) is 17.7 Å². The molecule has 1 amide bonds. The Bertz CT molecular complexity index is 168. The molecule has 1 rings (SSSR count). The van der Waals surface area contributed by atoms with Crippen LogP contribution in [-0.4, -0.2) is 23.7 Å². The van der Waals surface area contributed by atoms with E-state index in [9.17, 15) is 9.90 Å². The smallest absolute Gasteiger partial charge is 0.225 e. The number of nitrogens with one attached hydrogen (secondary N) is 1. The number of carbonyl (C=O) groups excluding carboxylic acids is 1. The highest BCUT2D eigenvalue weighted by atomic mass is 16.3. The van der Waals surface area contributed by atoms with E-state index in [1.165, 1.54) is 0 Å². The lowest BCUT2D eigenvalue weighted by Crippen LogP contribution is -2.43. The summed E-state index contributed by atoms with van der Waals surface area (Å²) in [4.78, 5) is 11.3. The molecule has 3 nitrogen and oxygen atoms in total. The zero-order valence-corrected chi connectivity index (χ0v) is 7.71. The van der Waals surface area contributed by atoms with Gasteiger partial charge in [-0.1, -0.05) is 13.8 Å². The Hall–Kier alpha value is -0.570. The van der Waals surface area contributed by atoms with Gasteiger partial charge in [-0.3, -0.25) is 4.79 Å². The first-order valence-corrected chi connectivity index (χ1v) is 4.58. The van der Waals surface area contributed by atoms with Crippen molar-refractivity contribution in [3.63, 3.8) is 0 Å². The topological polar surface area (TPSA) is 49.3 Å². The molecule has 1 fully saturated rings. The van der Waals surface area contributed by atoms with Gasteiger partial charge in [-0.25, -0.2) is 0 Å². The van der Waals surface area contributed by atoms with Crippen molar-refractivity contribution in [1.29, 1.82) is 0 Å². The summed E-state index contributed by atoms with van der Waals surface area (Å²) < 4.78 is 0. The minimum Gasteiger partial charge on any atom is -0.392 e. The maximum Gasteiger partial charge on any atom is 0.225 e. The summed E-state index contributed by atoms with van der Waals surface area (Å²) >= 11 is 0. The fourth-order valence-electron chi connectivity index (χ4n) is 1.59. The van der Waals surface area contributed by atoms with Crippen LogP contribution >= 0.6 is 0 Å². The Morgan fingerprint density at radius 1 is 1.58 bits per heavy atom. The van der Waals surface area contributed by atoms with Gasteiger partial charge in [0.05, 0.1) is 12.0 Å². The van der Waals surface area contributed by atoms with Crippen molar-refractivity contribution in [1.82, 2.24) is 5.32 Å². The van der Waals surface area contributed by atoms with Gasteiger partial charge in [0.1, 0.15) is 0 Å². The Morgan fingerprint density at radius 2 is 2.25 bits per heavy atom. The molecule has 0 saturated carbocycles. The SMILES string of the molecule is CC(C)C(O)C1CCCNC1=O. The molecule has 3 heteroatoms. The fourth-order valence-corrected chi connectivity index (χ4v) is 1.59. The Labute approximate surface area is 73.2 Å². The largest absolute Gasteiger partial charge is 0.392 e. The summed E-state index contributed by atoms with van der Waals surface area (Å²) in [5.41, 5.74) is 0. The van der Waals surface area contributed by atoms with E-state index in [0.717, 1.165) is 19.4 Å². The maximum absolute atomic E-state index is 11.3. The molecular formula is C9H17NO2. The van der Waals surface area contributed by atoms with Crippen LogP contribution in [0.1, 0.15) is 26.7 Å². The molecule has 0 bridgehead atoms. The summed E-state index contributed by atoms with van der Waals surface area (Å²) in [5, 5.41) is 12.4. The van der Waals surface area contributed by atoms with Crippen LogP contribution in [0.3, 0.4) is 0 Å². The molecule has 1 saturated heterocycles. The number of hydrogen-bond acceptors (Lipinski definition) is 2. The van der Waals surface area contributed by atoms with Crippen molar-refractivity contribution in [2.75, 3.05) is 6.54 Å². The van der Waals surface area contributed by atoms with E-state index in [4.69, 9.17) is 0 Å². The molecule has 2 atom stereocenters. The number of aliphatic hydroxyl groups excluding tert-OH is 1. The number of rotatable bonds is 2. The number of carbonyl (C=O) groups is 1. The maximum atomic E-state index is 11.3. The molecule has 0 aliphatic carbocycles. The third-order valence-electron chi connectivity index (χ3n) is 2.42. The van der Waals surface area contributed by atoms with Crippen LogP contribution in [0.15, 0.2) is 0 Å². The number of aliphatic hydroxyl groups is 1. The zero-order valence-electron chi connectivity index (χ0n) is 7.71. The lowest BCUT2D eigenvalue weighted by molar-refractivity contribution is -0.131. The normalized spacial score (nSPS) is 27.0. The van der Waals surface area contributed by atoms with Gasteiger partial charge in [0, 0.05) is 6.54 Å². The highest BCUT2D eigenvalue weighted by Crippen LogP contribution is 2.20. The molecule has 0 aromatic carbocycles. The average Bonchev–Trinajstić information content (AvgIpc) is 2.04. The lowest BCUT2D eigenvalue weighted by atomic mass is 9.87. The molecule has 0 aromatic rings. The quantitative estimate of drug-likeness (QED) is 0.636. The predicted molar refractivity (Wildman–Crippen MR) is 46.6 cm³/mol. The van der Waals surface area contributed by atoms with E-state index in [2.05, 4.69) is 5.32 Å². The van der Waals surface area contributed by atoms with Crippen LogP contribution in [-0.2, 0) is 4.79 Å². The minimum atomic E-state index is -0.481. The van der Waals surface area contributed by atoms with E-state index >= 15 is 0 Å². The molecule has 0 radical (unpaired) electrons. The number of hydrogen-bond donors (Lipinski definition) is 2. The third-order valence-corrected chi connectivity index (χ3v) is 2.42. The zero-order chi connectivity index (χ0) is 9.14. The second-order valence-electron chi connectivity index (χ2n) is 3.77. The van der Waals surface area contributed by atoms with Gasteiger partial charge in [0.15, 0.2) is 0 Å². The minimum absolute atomic E-state index is 0.0162. The molecule has 0 spiro atoms. The number of amides is 1. The van der Waals surface area contributed by atoms with Gasteiger partial charge < -0.3 is 10.4 Å². The highest BCUT2D eigenvalue weighted by molar-refractivity contribution is 5.79. The van der Waals surface area contributed by atoms with Crippen molar-refractivity contribution in [3.05, 3.63) is 0 Å².